The molecule has 9 nitrogen and oxygen atoms in total. The van der Waals surface area contributed by atoms with E-state index in [4.69, 9.17) is 4.55 Å². The average molecular weight is 439 g/mol. The number of benzene rings is 1. The highest BCUT2D eigenvalue weighted by molar-refractivity contribution is 7.68. The Morgan fingerprint density at radius 1 is 0.968 bits per heavy atom. The second-order valence-electron chi connectivity index (χ2n) is 7.28. The number of rotatable bonds is 7. The molecule has 10 heteroatoms. The second-order valence-corrected chi connectivity index (χ2v) is 7.92. The molecule has 31 heavy (non-hydrogen) atoms. The van der Waals surface area contributed by atoms with Gasteiger partial charge in [0.25, 0.3) is 0 Å². The van der Waals surface area contributed by atoms with E-state index < -0.39 is 10.9 Å². The van der Waals surface area contributed by atoms with Gasteiger partial charge in [-0.25, -0.2) is 4.98 Å². The molecule has 1 fully saturated rings. The molecule has 1 aliphatic rings. The van der Waals surface area contributed by atoms with E-state index >= 15 is 0 Å². The van der Waals surface area contributed by atoms with Crippen molar-refractivity contribution in [2.45, 2.75) is 38.1 Å². The van der Waals surface area contributed by atoms with Crippen LogP contribution in [0.5, 0.6) is 0 Å². The molecule has 2 heterocycles. The molecule has 0 radical (unpaired) electrons. The Bertz CT molecular complexity index is 1080. The number of nitrogens with one attached hydrogen (secondary N) is 3. The molecule has 0 atom stereocenters. The predicted molar refractivity (Wildman–Crippen MR) is 122 cm³/mol. The van der Waals surface area contributed by atoms with Crippen molar-refractivity contribution in [2.24, 2.45) is 4.36 Å². The minimum Gasteiger partial charge on any atom is -0.454 e. The summed E-state index contributed by atoms with van der Waals surface area (Å²) in [5.41, 5.74) is 8.84. The van der Waals surface area contributed by atoms with Crippen LogP contribution < -0.4 is 16.2 Å². The van der Waals surface area contributed by atoms with Crippen LogP contribution in [0.2, 0.25) is 0 Å². The topological polar surface area (TPSA) is 124 Å². The lowest BCUT2D eigenvalue weighted by Gasteiger charge is -2.23. The van der Waals surface area contributed by atoms with Crippen molar-refractivity contribution in [3.8, 4) is 11.4 Å². The largest absolute Gasteiger partial charge is 0.454 e. The van der Waals surface area contributed by atoms with E-state index in [1.807, 2.05) is 24.3 Å². The zero-order valence-corrected chi connectivity index (χ0v) is 17.7. The van der Waals surface area contributed by atoms with Crippen molar-refractivity contribution in [2.75, 3.05) is 16.2 Å². The van der Waals surface area contributed by atoms with Crippen LogP contribution in [-0.2, 0) is 15.1 Å². The molecule has 1 aliphatic carbocycles. The van der Waals surface area contributed by atoms with Gasteiger partial charge in [0.05, 0.1) is 17.1 Å². The number of hydrogen-bond donors (Lipinski definition) is 4. The van der Waals surface area contributed by atoms with E-state index in [1.165, 1.54) is 19.3 Å². The summed E-state index contributed by atoms with van der Waals surface area (Å²) in [7, 11) is -2.22. The van der Waals surface area contributed by atoms with Crippen molar-refractivity contribution in [3.63, 3.8) is 0 Å². The van der Waals surface area contributed by atoms with Crippen molar-refractivity contribution in [3.05, 3.63) is 54.7 Å². The number of hydrazine groups is 1. The minimum absolute atomic E-state index is 0.377. The fourth-order valence-corrected chi connectivity index (χ4v) is 3.78. The number of nitrogens with zero attached hydrogens (tertiary/aromatic N) is 4. The van der Waals surface area contributed by atoms with Gasteiger partial charge in [0.2, 0.25) is 5.95 Å². The predicted octanol–water partition coefficient (Wildman–Crippen LogP) is 4.97. The highest BCUT2D eigenvalue weighted by Crippen LogP contribution is 2.24. The van der Waals surface area contributed by atoms with Crippen molar-refractivity contribution in [1.29, 1.82) is 0 Å². The van der Waals surface area contributed by atoms with E-state index in [1.54, 1.807) is 30.5 Å². The summed E-state index contributed by atoms with van der Waals surface area (Å²) in [5.74, 6) is 1.16. The van der Waals surface area contributed by atoms with Crippen LogP contribution in [0.3, 0.4) is 0 Å². The van der Waals surface area contributed by atoms with E-state index in [2.05, 4.69) is 35.5 Å². The van der Waals surface area contributed by atoms with Gasteiger partial charge in [-0.15, -0.1) is 0 Å². The monoisotopic (exact) mass is 438 g/mol. The van der Waals surface area contributed by atoms with Gasteiger partial charge in [0.1, 0.15) is 0 Å². The molecule has 0 saturated heterocycles. The first kappa shape index (κ1) is 21.0. The Morgan fingerprint density at radius 3 is 2.48 bits per heavy atom. The van der Waals surface area contributed by atoms with Gasteiger partial charge in [0.15, 0.2) is 5.82 Å². The molecule has 2 aromatic heterocycles. The van der Waals surface area contributed by atoms with E-state index in [0.717, 1.165) is 29.9 Å². The van der Waals surface area contributed by atoms with E-state index in [9.17, 15) is 4.21 Å². The van der Waals surface area contributed by atoms with Crippen LogP contribution >= 0.6 is 0 Å². The number of anilines is 3. The molecule has 4 rings (SSSR count). The third-order valence-electron chi connectivity index (χ3n) is 4.98. The van der Waals surface area contributed by atoms with Crippen LogP contribution in [0.25, 0.3) is 11.4 Å². The summed E-state index contributed by atoms with van der Waals surface area (Å²) in [6.07, 6.45) is 7.70. The van der Waals surface area contributed by atoms with Crippen LogP contribution in [0.4, 0.5) is 23.1 Å². The third-order valence-corrected chi connectivity index (χ3v) is 5.34. The molecule has 162 valence electrons. The number of hydrogen-bond acceptors (Lipinski definition) is 9. The fourth-order valence-electron chi connectivity index (χ4n) is 3.48. The Balaban J connectivity index is 1.53. The van der Waals surface area contributed by atoms with Crippen LogP contribution in [0.15, 0.2) is 59.1 Å². The summed E-state index contributed by atoms with van der Waals surface area (Å²) < 4.78 is 23.2. The van der Waals surface area contributed by atoms with Crippen LogP contribution in [0.1, 0.15) is 32.1 Å². The SMILES string of the molecule is O=[S-](O)=Nc1ccc(NNc2cc(-c3ccccn3)nc(NC3CCCCC3)n2)cc1. The summed E-state index contributed by atoms with van der Waals surface area (Å²) in [5, 5.41) is 3.47. The lowest BCUT2D eigenvalue weighted by atomic mass is 9.96. The third kappa shape index (κ3) is 6.12. The first-order valence-electron chi connectivity index (χ1n) is 10.2. The minimum atomic E-state index is -2.22. The van der Waals surface area contributed by atoms with E-state index in [-0.39, 0.29) is 0 Å². The zero-order valence-electron chi connectivity index (χ0n) is 16.9. The molecule has 4 N–H and O–H groups in total. The summed E-state index contributed by atoms with van der Waals surface area (Å²) >= 11 is 0. The normalized spacial score (nSPS) is 15.4. The van der Waals surface area contributed by atoms with Crippen molar-refractivity contribution < 1.29 is 8.76 Å². The average Bonchev–Trinajstić information content (AvgIpc) is 2.79. The summed E-state index contributed by atoms with van der Waals surface area (Å²) in [6.45, 7) is 0. The lowest BCUT2D eigenvalue weighted by Crippen LogP contribution is -2.24. The van der Waals surface area contributed by atoms with Crippen molar-refractivity contribution in [1.82, 2.24) is 15.0 Å². The van der Waals surface area contributed by atoms with Gasteiger partial charge in [-0.1, -0.05) is 36.2 Å². The maximum atomic E-state index is 10.8. The molecule has 0 spiro atoms. The van der Waals surface area contributed by atoms with E-state index in [0.29, 0.717) is 23.5 Å². The molecule has 3 aromatic rings. The standard InChI is InChI=1S/C21H24N7O2S/c29-31(30)28-17-11-9-16(10-12-17)26-27-20-14-19(18-8-4-5-13-22-18)24-21(25-20)23-15-6-2-1-3-7-15/h4-5,8-15,26H,1-3,6-7H2,(H,28,29,30)(H2,23,24,25,27)/q-1. The maximum Gasteiger partial charge on any atom is 0.225 e. The van der Waals surface area contributed by atoms with Gasteiger partial charge in [-0.05, 0) is 49.2 Å². The Labute approximate surface area is 182 Å². The number of pyridine rings is 1. The van der Waals surface area contributed by atoms with Gasteiger partial charge in [0, 0.05) is 24.0 Å². The Morgan fingerprint density at radius 2 is 1.77 bits per heavy atom. The summed E-state index contributed by atoms with van der Waals surface area (Å²) in [6, 6.07) is 14.7. The summed E-state index contributed by atoms with van der Waals surface area (Å²) in [4.78, 5) is 13.7. The zero-order chi connectivity index (χ0) is 21.5. The maximum absolute atomic E-state index is 10.8. The van der Waals surface area contributed by atoms with Gasteiger partial charge < -0.3 is 18.4 Å². The first-order valence-corrected chi connectivity index (χ1v) is 11.2. The molecule has 0 amide bonds. The first-order chi connectivity index (χ1) is 15.2. The molecular formula is C21H24N7O2S-. The Hall–Kier alpha value is -3.24. The van der Waals surface area contributed by atoms with Gasteiger partial charge in [-0.3, -0.25) is 15.8 Å². The van der Waals surface area contributed by atoms with Gasteiger partial charge >= 0.3 is 0 Å². The quantitative estimate of drug-likeness (QED) is 0.231. The second kappa shape index (κ2) is 10.2. The smallest absolute Gasteiger partial charge is 0.225 e. The molecule has 1 aromatic carbocycles. The van der Waals surface area contributed by atoms with Crippen LogP contribution in [0, 0.1) is 0 Å². The van der Waals surface area contributed by atoms with Gasteiger partial charge in [-0.2, -0.15) is 4.98 Å². The molecule has 0 aliphatic heterocycles. The molecular weight excluding hydrogens is 414 g/mol. The Kier molecular flexibility index (Phi) is 6.90. The molecule has 0 bridgehead atoms. The highest BCUT2D eigenvalue weighted by Gasteiger charge is 2.15. The van der Waals surface area contributed by atoms with Crippen LogP contribution in [-0.4, -0.2) is 25.5 Å². The highest BCUT2D eigenvalue weighted by atomic mass is 32.2. The fraction of sp³-hybridized carbons (Fsp3) is 0.286. The molecule has 1 saturated carbocycles. The number of aromatic nitrogens is 3. The lowest BCUT2D eigenvalue weighted by molar-refractivity contribution is 0.461. The van der Waals surface area contributed by atoms with Crippen molar-refractivity contribution >= 4 is 34.0 Å². The molecule has 0 unspecified atom stereocenters.